The summed E-state index contributed by atoms with van der Waals surface area (Å²) in [4.78, 5) is 22.6. The number of nitrogens with zero attached hydrogens (tertiary/aromatic N) is 4. The number of hydrogen-bond donors (Lipinski definition) is 2. The summed E-state index contributed by atoms with van der Waals surface area (Å²) >= 11 is 0. The van der Waals surface area contributed by atoms with Gasteiger partial charge in [0.25, 0.3) is 0 Å². The van der Waals surface area contributed by atoms with E-state index in [0.29, 0.717) is 22.4 Å². The van der Waals surface area contributed by atoms with Crippen LogP contribution in [0.1, 0.15) is 12.2 Å². The maximum absolute atomic E-state index is 13.4. The summed E-state index contributed by atoms with van der Waals surface area (Å²) in [6, 6.07) is 8.27. The number of pyridine rings is 1. The number of benzene rings is 1. The fourth-order valence-electron chi connectivity index (χ4n) is 3.01. The first kappa shape index (κ1) is 19.6. The molecule has 1 aromatic carbocycles. The Morgan fingerprint density at radius 3 is 2.37 bits per heavy atom. The largest absolute Gasteiger partial charge is 0.389 e. The minimum atomic E-state index is -4.36. The van der Waals surface area contributed by atoms with Gasteiger partial charge in [-0.1, -0.05) is 0 Å². The molecule has 7 nitrogen and oxygen atoms in total. The van der Waals surface area contributed by atoms with Crippen LogP contribution in [0, 0.1) is 5.82 Å². The zero-order valence-corrected chi connectivity index (χ0v) is 15.2. The molecule has 0 fully saturated rings. The number of nitrogen functional groups attached to an aromatic ring is 1. The molecule has 0 aliphatic rings. The van der Waals surface area contributed by atoms with E-state index in [4.69, 9.17) is 5.73 Å². The second kappa shape index (κ2) is 7.25. The average molecular weight is 418 g/mol. The maximum atomic E-state index is 13.4. The lowest BCUT2D eigenvalue weighted by molar-refractivity contribution is -0.134. The number of nitrogens with two attached hydrogens (primary N) is 1. The average Bonchev–Trinajstić information content (AvgIpc) is 3.12. The number of H-pyrrole nitrogens is 1. The van der Waals surface area contributed by atoms with Crippen LogP contribution in [0.25, 0.3) is 28.0 Å². The first-order valence-corrected chi connectivity index (χ1v) is 8.78. The Bertz CT molecular complexity index is 1260. The van der Waals surface area contributed by atoms with E-state index in [1.54, 1.807) is 0 Å². The monoisotopic (exact) mass is 418 g/mol. The van der Waals surface area contributed by atoms with Gasteiger partial charge in [-0.15, -0.1) is 5.10 Å². The third-order valence-corrected chi connectivity index (χ3v) is 4.38. The first-order valence-electron chi connectivity index (χ1n) is 8.78. The normalized spacial score (nSPS) is 11.9. The van der Waals surface area contributed by atoms with Crippen molar-refractivity contribution < 1.29 is 17.6 Å². The predicted octanol–water partition coefficient (Wildman–Crippen LogP) is 3.36. The fraction of sp³-hybridized carbons (Fsp3) is 0.158. The topological polar surface area (TPSA) is 102 Å². The third kappa shape index (κ3) is 3.86. The van der Waals surface area contributed by atoms with Crippen LogP contribution in [0.4, 0.5) is 23.5 Å². The molecule has 3 aromatic heterocycles. The SMILES string of the molecule is Nc1nc(-c2ccc(F)cc2)c(-c2ccc(=O)[nH]c2)c2nc(CCC(F)(F)F)nn12. The van der Waals surface area contributed by atoms with Gasteiger partial charge in [0.1, 0.15) is 5.82 Å². The Morgan fingerprint density at radius 2 is 1.73 bits per heavy atom. The number of aromatic amines is 1. The van der Waals surface area contributed by atoms with Gasteiger partial charge in [-0.3, -0.25) is 4.79 Å². The number of anilines is 1. The zero-order valence-electron chi connectivity index (χ0n) is 15.2. The van der Waals surface area contributed by atoms with E-state index in [9.17, 15) is 22.4 Å². The van der Waals surface area contributed by atoms with Crippen LogP contribution in [0.3, 0.4) is 0 Å². The molecular weight excluding hydrogens is 404 g/mol. The van der Waals surface area contributed by atoms with E-state index in [1.165, 1.54) is 42.6 Å². The Morgan fingerprint density at radius 1 is 1.03 bits per heavy atom. The fourth-order valence-corrected chi connectivity index (χ4v) is 3.01. The molecule has 0 amide bonds. The number of rotatable bonds is 4. The van der Waals surface area contributed by atoms with Gasteiger partial charge in [-0.05, 0) is 30.3 Å². The number of fused-ring (bicyclic) bond motifs is 1. The molecule has 4 aromatic rings. The van der Waals surface area contributed by atoms with Crippen LogP contribution < -0.4 is 11.3 Å². The Hall–Kier alpha value is -3.76. The quantitative estimate of drug-likeness (QED) is 0.495. The van der Waals surface area contributed by atoms with Crippen molar-refractivity contribution in [3.8, 4) is 22.4 Å². The smallest absolute Gasteiger partial charge is 0.368 e. The van der Waals surface area contributed by atoms with Crippen molar-refractivity contribution in [3.05, 3.63) is 64.6 Å². The highest BCUT2D eigenvalue weighted by atomic mass is 19.4. The van der Waals surface area contributed by atoms with E-state index in [-0.39, 0.29) is 23.0 Å². The highest BCUT2D eigenvalue weighted by Gasteiger charge is 2.28. The molecule has 11 heteroatoms. The van der Waals surface area contributed by atoms with Crippen LogP contribution in [0.15, 0.2) is 47.4 Å². The van der Waals surface area contributed by atoms with Crippen molar-refractivity contribution in [1.82, 2.24) is 24.6 Å². The van der Waals surface area contributed by atoms with Gasteiger partial charge in [0.2, 0.25) is 11.5 Å². The van der Waals surface area contributed by atoms with Crippen molar-refractivity contribution in [3.63, 3.8) is 0 Å². The molecule has 3 heterocycles. The van der Waals surface area contributed by atoms with Gasteiger partial charge < -0.3 is 10.7 Å². The van der Waals surface area contributed by atoms with Gasteiger partial charge in [0.05, 0.1) is 17.7 Å². The van der Waals surface area contributed by atoms with Crippen LogP contribution >= 0.6 is 0 Å². The summed E-state index contributed by atoms with van der Waals surface area (Å²) in [5.41, 5.74) is 7.52. The minimum Gasteiger partial charge on any atom is -0.368 e. The highest BCUT2D eigenvalue weighted by molar-refractivity contribution is 5.90. The second-order valence-electron chi connectivity index (χ2n) is 6.52. The number of hydrogen-bond acceptors (Lipinski definition) is 5. The van der Waals surface area contributed by atoms with E-state index in [2.05, 4.69) is 20.1 Å². The number of halogens is 4. The predicted molar refractivity (Wildman–Crippen MR) is 101 cm³/mol. The van der Waals surface area contributed by atoms with E-state index in [1.807, 2.05) is 0 Å². The Labute approximate surface area is 166 Å². The second-order valence-corrected chi connectivity index (χ2v) is 6.52. The molecule has 0 saturated carbocycles. The van der Waals surface area contributed by atoms with Crippen LogP contribution in [0.2, 0.25) is 0 Å². The number of aryl methyl sites for hydroxylation is 1. The van der Waals surface area contributed by atoms with Gasteiger partial charge in [0, 0.05) is 29.8 Å². The summed E-state index contributed by atoms with van der Waals surface area (Å²) in [5.74, 6) is -0.596. The molecule has 0 aliphatic carbocycles. The van der Waals surface area contributed by atoms with Crippen molar-refractivity contribution in [2.75, 3.05) is 5.73 Å². The number of aromatic nitrogens is 5. The molecule has 154 valence electrons. The van der Waals surface area contributed by atoms with Gasteiger partial charge in [-0.2, -0.15) is 17.7 Å². The molecule has 0 bridgehead atoms. The molecule has 0 radical (unpaired) electrons. The molecular formula is C19H14F4N6O. The zero-order chi connectivity index (χ0) is 21.5. The number of alkyl halides is 3. The lowest BCUT2D eigenvalue weighted by atomic mass is 10.0. The highest BCUT2D eigenvalue weighted by Crippen LogP contribution is 2.34. The maximum Gasteiger partial charge on any atom is 0.389 e. The number of nitrogens with one attached hydrogen (secondary N) is 1. The molecule has 0 unspecified atom stereocenters. The van der Waals surface area contributed by atoms with Crippen molar-refractivity contribution in [2.45, 2.75) is 19.0 Å². The lowest BCUT2D eigenvalue weighted by Gasteiger charge is -2.11. The minimum absolute atomic E-state index is 0.0530. The molecule has 0 saturated heterocycles. The summed E-state index contributed by atoms with van der Waals surface area (Å²) in [6.45, 7) is 0. The van der Waals surface area contributed by atoms with Gasteiger partial charge >= 0.3 is 6.18 Å². The summed E-state index contributed by atoms with van der Waals surface area (Å²) in [7, 11) is 0. The van der Waals surface area contributed by atoms with Crippen molar-refractivity contribution in [1.29, 1.82) is 0 Å². The van der Waals surface area contributed by atoms with E-state index >= 15 is 0 Å². The molecule has 30 heavy (non-hydrogen) atoms. The summed E-state index contributed by atoms with van der Waals surface area (Å²) in [6.07, 6.45) is -4.45. The molecule has 3 N–H and O–H groups in total. The van der Waals surface area contributed by atoms with Crippen LogP contribution in [-0.4, -0.2) is 30.7 Å². The Kier molecular flexibility index (Phi) is 4.72. The van der Waals surface area contributed by atoms with E-state index < -0.39 is 24.8 Å². The lowest BCUT2D eigenvalue weighted by Crippen LogP contribution is -2.09. The Balaban J connectivity index is 1.95. The standard InChI is InChI=1S/C19H14F4N6O/c20-12-4-1-10(2-5-12)16-15(11-3-6-14(30)25-9-11)17-26-13(7-8-19(21,22)23)28-29(17)18(24)27-16/h1-6,9H,7-8H2,(H2,24,27)(H,25,30). The molecule has 0 atom stereocenters. The third-order valence-electron chi connectivity index (χ3n) is 4.38. The molecule has 4 rings (SSSR count). The van der Waals surface area contributed by atoms with Crippen molar-refractivity contribution >= 4 is 11.6 Å². The van der Waals surface area contributed by atoms with Gasteiger partial charge in [-0.25, -0.2) is 14.4 Å². The van der Waals surface area contributed by atoms with Crippen molar-refractivity contribution in [2.24, 2.45) is 0 Å². The molecule has 0 aliphatic heterocycles. The summed E-state index contributed by atoms with van der Waals surface area (Å²) < 4.78 is 52.4. The summed E-state index contributed by atoms with van der Waals surface area (Å²) in [5, 5.41) is 4.05. The van der Waals surface area contributed by atoms with Gasteiger partial charge in [0.15, 0.2) is 11.5 Å². The first-order chi connectivity index (χ1) is 14.2. The van der Waals surface area contributed by atoms with Crippen LogP contribution in [0.5, 0.6) is 0 Å². The van der Waals surface area contributed by atoms with E-state index in [0.717, 1.165) is 4.52 Å². The van der Waals surface area contributed by atoms with Crippen LogP contribution in [-0.2, 0) is 6.42 Å². The molecule has 0 spiro atoms.